The van der Waals surface area contributed by atoms with E-state index in [1.807, 2.05) is 17.4 Å². The first-order valence-corrected chi connectivity index (χ1v) is 8.60. The van der Waals surface area contributed by atoms with E-state index in [1.54, 1.807) is 29.2 Å². The van der Waals surface area contributed by atoms with Crippen molar-refractivity contribution in [2.24, 2.45) is 0 Å². The molecular formula is C16H12N8OS. The van der Waals surface area contributed by atoms with Crippen molar-refractivity contribution in [1.29, 1.82) is 0 Å². The molecule has 0 bridgehead atoms. The van der Waals surface area contributed by atoms with Crippen molar-refractivity contribution in [3.8, 4) is 11.3 Å². The van der Waals surface area contributed by atoms with E-state index in [4.69, 9.17) is 0 Å². The van der Waals surface area contributed by atoms with E-state index in [-0.39, 0.29) is 5.56 Å². The van der Waals surface area contributed by atoms with Crippen LogP contribution in [-0.4, -0.2) is 40.5 Å². The van der Waals surface area contributed by atoms with Gasteiger partial charge in [0.05, 0.1) is 17.3 Å². The van der Waals surface area contributed by atoms with Gasteiger partial charge in [0.25, 0.3) is 5.95 Å². The quantitative estimate of drug-likeness (QED) is 0.519. The first-order valence-electron chi connectivity index (χ1n) is 7.83. The van der Waals surface area contributed by atoms with Crippen molar-refractivity contribution in [2.45, 2.75) is 0 Å². The van der Waals surface area contributed by atoms with E-state index < -0.39 is 0 Å². The van der Waals surface area contributed by atoms with Gasteiger partial charge < -0.3 is 4.98 Å². The second kappa shape index (κ2) is 5.77. The molecule has 0 aliphatic carbocycles. The maximum Gasteiger partial charge on any atom is 0.261 e. The summed E-state index contributed by atoms with van der Waals surface area (Å²) in [4.78, 5) is 22.9. The molecule has 10 heteroatoms. The van der Waals surface area contributed by atoms with Crippen LogP contribution in [0.1, 0.15) is 0 Å². The number of aromatic nitrogens is 6. The summed E-state index contributed by atoms with van der Waals surface area (Å²) < 4.78 is 7.00. The fourth-order valence-electron chi connectivity index (χ4n) is 2.74. The van der Waals surface area contributed by atoms with Gasteiger partial charge in [-0.3, -0.25) is 20.2 Å². The lowest BCUT2D eigenvalue weighted by Crippen LogP contribution is -2.35. The number of aromatic amines is 1. The summed E-state index contributed by atoms with van der Waals surface area (Å²) >= 11 is 1.48. The van der Waals surface area contributed by atoms with Gasteiger partial charge in [0.2, 0.25) is 5.56 Å². The first kappa shape index (κ1) is 14.8. The number of hydrogen-bond donors (Lipinski definition) is 2. The highest BCUT2D eigenvalue weighted by atomic mass is 32.1. The van der Waals surface area contributed by atoms with Gasteiger partial charge in [-0.05, 0) is 23.7 Å². The van der Waals surface area contributed by atoms with Gasteiger partial charge in [-0.1, -0.05) is 0 Å². The first-order chi connectivity index (χ1) is 12.8. The molecule has 4 aromatic rings. The topological polar surface area (TPSA) is 104 Å². The zero-order valence-electron chi connectivity index (χ0n) is 13.3. The lowest BCUT2D eigenvalue weighted by atomic mass is 10.2. The lowest BCUT2D eigenvalue weighted by Gasteiger charge is -2.19. The Labute approximate surface area is 150 Å². The molecule has 26 heavy (non-hydrogen) atoms. The van der Waals surface area contributed by atoms with Gasteiger partial charge in [-0.2, -0.15) is 9.36 Å². The lowest BCUT2D eigenvalue weighted by molar-refractivity contribution is 0.545. The number of pyridine rings is 1. The molecule has 128 valence electrons. The molecular weight excluding hydrogens is 352 g/mol. The maximum atomic E-state index is 11.3. The number of rotatable bonds is 3. The van der Waals surface area contributed by atoms with Gasteiger partial charge >= 0.3 is 0 Å². The zero-order chi connectivity index (χ0) is 17.5. The fourth-order valence-corrected chi connectivity index (χ4v) is 3.38. The molecule has 0 saturated carbocycles. The van der Waals surface area contributed by atoms with Crippen molar-refractivity contribution in [1.82, 2.24) is 33.9 Å². The third kappa shape index (κ3) is 2.52. The van der Waals surface area contributed by atoms with E-state index in [0.717, 1.165) is 15.3 Å². The van der Waals surface area contributed by atoms with Crippen LogP contribution in [0.4, 0.5) is 5.95 Å². The SMILES string of the molecule is O=c1ccc(-c2nccn3nc(NN4C=c5cnsc5=CC4)nc23)c[nH]1. The molecule has 0 radical (unpaired) electrons. The normalized spacial score (nSPS) is 13.2. The largest absolute Gasteiger partial charge is 0.328 e. The Bertz CT molecular complexity index is 1270. The molecule has 0 saturated heterocycles. The number of anilines is 1. The number of nitrogens with one attached hydrogen (secondary N) is 2. The van der Waals surface area contributed by atoms with Crippen molar-refractivity contribution < 1.29 is 0 Å². The van der Waals surface area contributed by atoms with Gasteiger partial charge in [-0.25, -0.2) is 4.52 Å². The summed E-state index contributed by atoms with van der Waals surface area (Å²) in [7, 11) is 0. The van der Waals surface area contributed by atoms with Gasteiger partial charge in [0, 0.05) is 41.6 Å². The molecule has 0 atom stereocenters. The summed E-state index contributed by atoms with van der Waals surface area (Å²) in [6.07, 6.45) is 10.9. The van der Waals surface area contributed by atoms with E-state index in [0.29, 0.717) is 23.8 Å². The molecule has 1 aliphatic heterocycles. The van der Waals surface area contributed by atoms with Crippen LogP contribution in [0.5, 0.6) is 0 Å². The molecule has 1 aliphatic rings. The molecule has 0 unspecified atom stereocenters. The minimum absolute atomic E-state index is 0.163. The Balaban J connectivity index is 1.51. The van der Waals surface area contributed by atoms with E-state index in [1.165, 1.54) is 17.6 Å². The molecule has 2 N–H and O–H groups in total. The summed E-state index contributed by atoms with van der Waals surface area (Å²) in [6, 6.07) is 3.17. The third-order valence-corrected chi connectivity index (χ3v) is 4.76. The fraction of sp³-hybridized carbons (Fsp3) is 0.0625. The molecule has 0 spiro atoms. The Morgan fingerprint density at radius 2 is 2.27 bits per heavy atom. The standard InChI is InChI=1S/C16H12N8OS/c25-13-2-1-10(7-18-13)14-15-20-16(22-24(15)6-4-17-14)21-23-5-3-12-11(9-23)8-19-26-12/h1-4,6-9H,5H2,(H,18,25)(H,21,22). The Morgan fingerprint density at radius 3 is 3.15 bits per heavy atom. The number of hydrazine groups is 1. The van der Waals surface area contributed by atoms with Crippen LogP contribution >= 0.6 is 11.5 Å². The van der Waals surface area contributed by atoms with Crippen LogP contribution < -0.4 is 20.7 Å². The Hall–Kier alpha value is -3.53. The van der Waals surface area contributed by atoms with Crippen molar-refractivity contribution in [2.75, 3.05) is 12.0 Å². The van der Waals surface area contributed by atoms with Gasteiger partial charge in [0.15, 0.2) is 5.65 Å². The minimum atomic E-state index is -0.163. The highest BCUT2D eigenvalue weighted by Crippen LogP contribution is 2.20. The van der Waals surface area contributed by atoms with Crippen LogP contribution in [-0.2, 0) is 0 Å². The number of fused-ring (bicyclic) bond motifs is 2. The van der Waals surface area contributed by atoms with Crippen LogP contribution in [0.15, 0.2) is 41.7 Å². The average molecular weight is 364 g/mol. The second-order valence-corrected chi connectivity index (χ2v) is 6.50. The average Bonchev–Trinajstić information content (AvgIpc) is 3.28. The molecule has 0 fully saturated rings. The maximum absolute atomic E-state index is 11.3. The molecule has 5 heterocycles. The van der Waals surface area contributed by atoms with Crippen molar-refractivity contribution in [3.05, 3.63) is 57.0 Å². The van der Waals surface area contributed by atoms with E-state index in [2.05, 4.69) is 35.9 Å². The minimum Gasteiger partial charge on any atom is -0.328 e. The van der Waals surface area contributed by atoms with Crippen LogP contribution in [0.3, 0.4) is 0 Å². The molecule has 5 rings (SSSR count). The molecule has 0 aromatic carbocycles. The van der Waals surface area contributed by atoms with E-state index in [9.17, 15) is 4.79 Å². The molecule has 0 amide bonds. The molecule has 4 aromatic heterocycles. The summed E-state index contributed by atoms with van der Waals surface area (Å²) in [5, 5.41) is 7.41. The van der Waals surface area contributed by atoms with Crippen LogP contribution in [0.2, 0.25) is 0 Å². The van der Waals surface area contributed by atoms with Crippen LogP contribution in [0, 0.1) is 0 Å². The third-order valence-electron chi connectivity index (χ3n) is 3.95. The number of hydrogen-bond acceptors (Lipinski definition) is 8. The Morgan fingerprint density at radius 1 is 1.31 bits per heavy atom. The van der Waals surface area contributed by atoms with Gasteiger partial charge in [-0.15, -0.1) is 5.10 Å². The van der Waals surface area contributed by atoms with Crippen LogP contribution in [0.25, 0.3) is 29.2 Å². The predicted molar refractivity (Wildman–Crippen MR) is 97.5 cm³/mol. The van der Waals surface area contributed by atoms with Crippen molar-refractivity contribution >= 4 is 35.4 Å². The van der Waals surface area contributed by atoms with Gasteiger partial charge in [0.1, 0.15) is 5.69 Å². The molecule has 9 nitrogen and oxygen atoms in total. The summed E-state index contributed by atoms with van der Waals surface area (Å²) in [5.41, 5.74) is 5.02. The monoisotopic (exact) mass is 364 g/mol. The number of nitrogens with zero attached hydrogens (tertiary/aromatic N) is 6. The summed E-state index contributed by atoms with van der Waals surface area (Å²) in [5.74, 6) is 0.458. The zero-order valence-corrected chi connectivity index (χ0v) is 14.1. The predicted octanol–water partition coefficient (Wildman–Crippen LogP) is -0.203. The highest BCUT2D eigenvalue weighted by molar-refractivity contribution is 7.03. The number of H-pyrrole nitrogens is 1. The smallest absolute Gasteiger partial charge is 0.261 e. The summed E-state index contributed by atoms with van der Waals surface area (Å²) in [6.45, 7) is 0.690. The van der Waals surface area contributed by atoms with Crippen molar-refractivity contribution in [3.63, 3.8) is 0 Å². The van der Waals surface area contributed by atoms with E-state index >= 15 is 0 Å². The Kier molecular flexibility index (Phi) is 3.28. The second-order valence-electron chi connectivity index (χ2n) is 5.66. The highest BCUT2D eigenvalue weighted by Gasteiger charge is 2.13.